The Balaban J connectivity index is 1.56. The van der Waals surface area contributed by atoms with Crippen molar-refractivity contribution in [2.75, 3.05) is 0 Å². The highest BCUT2D eigenvalue weighted by atomic mass is 16.7. The van der Waals surface area contributed by atoms with Gasteiger partial charge in [-0.05, 0) is 33.3 Å². The fraction of sp³-hybridized carbons (Fsp3) is 0.731. The second kappa shape index (κ2) is 6.55. The van der Waals surface area contributed by atoms with E-state index in [1.807, 2.05) is 13.8 Å². The Bertz CT molecular complexity index is 1130. The molecule has 0 aromatic carbocycles. The first-order chi connectivity index (χ1) is 16.2. The normalized spacial score (nSPS) is 52.1. The SMILES string of the molecule is CC1(C)OC(=O)C[C@@H](O)[C@]2(C)C3[C@H](O)C[C@@]4(C)[C@@H](c5ccoc5)OC(=O)[C@@H]5O[C@]54[C@@]3(C)C(=O)C[C@@H]12. The Morgan fingerprint density at radius 3 is 2.37 bits per heavy atom. The number of esters is 2. The summed E-state index contributed by atoms with van der Waals surface area (Å²) in [5.74, 6) is -2.57. The third-order valence-corrected chi connectivity index (χ3v) is 10.4. The van der Waals surface area contributed by atoms with Gasteiger partial charge in [0.25, 0.3) is 0 Å². The quantitative estimate of drug-likeness (QED) is 0.450. The molecule has 10 atom stereocenters. The van der Waals surface area contributed by atoms with Gasteiger partial charge >= 0.3 is 11.9 Å². The van der Waals surface area contributed by atoms with Crippen LogP contribution in [0.5, 0.6) is 0 Å². The van der Waals surface area contributed by atoms with Gasteiger partial charge in [0, 0.05) is 34.7 Å². The second-order valence-corrected chi connectivity index (χ2v) is 12.3. The number of Topliss-reactive ketones (excluding diaryl/α,β-unsaturated/α-hetero) is 1. The summed E-state index contributed by atoms with van der Waals surface area (Å²) in [5.41, 5.74) is -4.94. The van der Waals surface area contributed by atoms with E-state index in [0.717, 1.165) is 0 Å². The lowest BCUT2D eigenvalue weighted by Crippen LogP contribution is -2.75. The van der Waals surface area contributed by atoms with Crippen molar-refractivity contribution in [3.05, 3.63) is 24.2 Å². The lowest BCUT2D eigenvalue weighted by atomic mass is 9.36. The maximum absolute atomic E-state index is 14.2. The standard InChI is InChI=1S/C26H32O9/c1-22(2)14-8-16(29)25(5)18(24(14,4)15(28)9-17(30)34-22)13(27)10-23(3)19(12-6-7-32-11-12)33-21(31)20-26(23,25)35-20/h6-7,11,13-15,18-20,27-28H,8-10H2,1-5H3/t13-,14+,15-,18?,19-,20+,23+,24-,25+,26-/m1/s1. The van der Waals surface area contributed by atoms with Crippen molar-refractivity contribution in [3.63, 3.8) is 0 Å². The lowest BCUT2D eigenvalue weighted by Gasteiger charge is -2.67. The average molecular weight is 489 g/mol. The van der Waals surface area contributed by atoms with Crippen molar-refractivity contribution >= 4 is 17.7 Å². The van der Waals surface area contributed by atoms with E-state index in [-0.39, 0.29) is 25.0 Å². The molecule has 5 aliphatic rings. The molecule has 1 unspecified atom stereocenters. The Labute approximate surface area is 203 Å². The van der Waals surface area contributed by atoms with E-state index in [1.54, 1.807) is 26.8 Å². The minimum Gasteiger partial charge on any atom is -0.472 e. The second-order valence-electron chi connectivity index (χ2n) is 12.3. The maximum Gasteiger partial charge on any atom is 0.339 e. The predicted octanol–water partition coefficient (Wildman–Crippen LogP) is 2.09. The van der Waals surface area contributed by atoms with Crippen LogP contribution in [0.15, 0.2) is 23.0 Å². The fourth-order valence-electron chi connectivity index (χ4n) is 9.05. The van der Waals surface area contributed by atoms with Gasteiger partial charge in [0.05, 0.1) is 36.6 Å². The minimum atomic E-state index is -1.32. The summed E-state index contributed by atoms with van der Waals surface area (Å²) in [6.45, 7) is 9.01. The van der Waals surface area contributed by atoms with Crippen molar-refractivity contribution in [1.29, 1.82) is 0 Å². The molecule has 2 N–H and O–H groups in total. The molecule has 6 rings (SSSR count). The van der Waals surface area contributed by atoms with Gasteiger partial charge in [-0.1, -0.05) is 13.8 Å². The molecule has 9 heteroatoms. The zero-order chi connectivity index (χ0) is 25.3. The summed E-state index contributed by atoms with van der Waals surface area (Å²) in [6, 6.07) is 1.71. The third-order valence-electron chi connectivity index (χ3n) is 10.4. The van der Waals surface area contributed by atoms with Crippen LogP contribution >= 0.6 is 0 Å². The van der Waals surface area contributed by atoms with Gasteiger partial charge in [0.1, 0.15) is 23.1 Å². The van der Waals surface area contributed by atoms with Crippen LogP contribution in [0, 0.1) is 28.1 Å². The maximum atomic E-state index is 14.2. The Hall–Kier alpha value is -2.23. The Kier molecular flexibility index (Phi) is 4.34. The van der Waals surface area contributed by atoms with Gasteiger partial charge < -0.3 is 28.8 Å². The number of cyclic esters (lactones) is 2. The molecule has 0 radical (unpaired) electrons. The number of aliphatic hydroxyl groups excluding tert-OH is 2. The van der Waals surface area contributed by atoms with E-state index in [1.165, 1.54) is 12.5 Å². The molecule has 3 aliphatic heterocycles. The number of hydrogen-bond acceptors (Lipinski definition) is 9. The predicted molar refractivity (Wildman–Crippen MR) is 117 cm³/mol. The van der Waals surface area contributed by atoms with Crippen molar-refractivity contribution in [3.8, 4) is 0 Å². The minimum absolute atomic E-state index is 0.0207. The van der Waals surface area contributed by atoms with Crippen LogP contribution in [0.3, 0.4) is 0 Å². The first-order valence-electron chi connectivity index (χ1n) is 12.3. The number of carbonyl (C=O) groups excluding carboxylic acids is 3. The summed E-state index contributed by atoms with van der Waals surface area (Å²) in [4.78, 5) is 39.9. The summed E-state index contributed by atoms with van der Waals surface area (Å²) < 4.78 is 23.0. The van der Waals surface area contributed by atoms with Crippen molar-refractivity contribution in [2.24, 2.45) is 28.1 Å². The van der Waals surface area contributed by atoms with Crippen LogP contribution in [-0.4, -0.2) is 57.4 Å². The number of ketones is 1. The van der Waals surface area contributed by atoms with Crippen LogP contribution < -0.4 is 0 Å². The number of ether oxygens (including phenoxy) is 3. The highest BCUT2D eigenvalue weighted by molar-refractivity contribution is 5.93. The number of hydrogen-bond donors (Lipinski definition) is 2. The van der Waals surface area contributed by atoms with Crippen molar-refractivity contribution in [1.82, 2.24) is 0 Å². The van der Waals surface area contributed by atoms with Crippen LogP contribution in [0.1, 0.15) is 65.5 Å². The smallest absolute Gasteiger partial charge is 0.339 e. The molecule has 5 fully saturated rings. The fourth-order valence-corrected chi connectivity index (χ4v) is 9.05. The van der Waals surface area contributed by atoms with Crippen LogP contribution in [0.2, 0.25) is 0 Å². The average Bonchev–Trinajstić information content (AvgIpc) is 3.34. The van der Waals surface area contributed by atoms with Gasteiger partial charge in [0.2, 0.25) is 0 Å². The molecule has 0 amide bonds. The molecule has 0 bridgehead atoms. The molecule has 190 valence electrons. The third kappa shape index (κ3) is 2.42. The first kappa shape index (κ1) is 23.2. The molecular weight excluding hydrogens is 456 g/mol. The molecule has 2 saturated carbocycles. The summed E-state index contributed by atoms with van der Waals surface area (Å²) in [7, 11) is 0. The largest absolute Gasteiger partial charge is 0.472 e. The van der Waals surface area contributed by atoms with Gasteiger partial charge in [-0.2, -0.15) is 0 Å². The molecule has 4 heterocycles. The van der Waals surface area contributed by atoms with Gasteiger partial charge in [-0.3, -0.25) is 9.59 Å². The first-order valence-corrected chi connectivity index (χ1v) is 12.3. The number of fused-ring (bicyclic) bond motifs is 3. The summed E-state index contributed by atoms with van der Waals surface area (Å²) >= 11 is 0. The highest BCUT2D eigenvalue weighted by Crippen LogP contribution is 2.78. The molecule has 2 aliphatic carbocycles. The number of rotatable bonds is 1. The molecule has 1 aromatic heterocycles. The van der Waals surface area contributed by atoms with Crippen LogP contribution in [0.25, 0.3) is 0 Å². The van der Waals surface area contributed by atoms with Crippen molar-refractivity contribution < 1.29 is 43.2 Å². The molecule has 35 heavy (non-hydrogen) atoms. The molecule has 3 saturated heterocycles. The van der Waals surface area contributed by atoms with E-state index in [4.69, 9.17) is 18.6 Å². The van der Waals surface area contributed by atoms with Gasteiger partial charge in [-0.15, -0.1) is 0 Å². The molecular formula is C26H32O9. The van der Waals surface area contributed by atoms with Gasteiger partial charge in [0.15, 0.2) is 6.10 Å². The van der Waals surface area contributed by atoms with E-state index in [2.05, 4.69) is 0 Å². The summed E-state index contributed by atoms with van der Waals surface area (Å²) in [6.07, 6.45) is -0.973. The topological polar surface area (TPSA) is 136 Å². The monoisotopic (exact) mass is 488 g/mol. The zero-order valence-corrected chi connectivity index (χ0v) is 20.6. The zero-order valence-electron chi connectivity index (χ0n) is 20.6. The summed E-state index contributed by atoms with van der Waals surface area (Å²) in [5, 5.41) is 23.3. The number of aliphatic hydroxyl groups is 2. The molecule has 1 spiro atoms. The lowest BCUT2D eigenvalue weighted by molar-refractivity contribution is -0.257. The van der Waals surface area contributed by atoms with E-state index in [0.29, 0.717) is 5.56 Å². The van der Waals surface area contributed by atoms with Crippen molar-refractivity contribution in [2.45, 2.75) is 89.5 Å². The number of carbonyl (C=O) groups is 3. The van der Waals surface area contributed by atoms with E-state index in [9.17, 15) is 24.6 Å². The molecule has 9 nitrogen and oxygen atoms in total. The van der Waals surface area contributed by atoms with Gasteiger partial charge in [-0.25, -0.2) is 4.79 Å². The Morgan fingerprint density at radius 2 is 1.71 bits per heavy atom. The number of furan rings is 1. The van der Waals surface area contributed by atoms with Crippen LogP contribution in [-0.2, 0) is 28.6 Å². The Morgan fingerprint density at radius 1 is 1.00 bits per heavy atom. The van der Waals surface area contributed by atoms with Crippen LogP contribution in [0.4, 0.5) is 0 Å². The highest BCUT2D eigenvalue weighted by Gasteiger charge is 2.90. The molecule has 1 aromatic rings. The van der Waals surface area contributed by atoms with E-state index < -0.39 is 75.6 Å². The van der Waals surface area contributed by atoms with E-state index >= 15 is 0 Å². The number of epoxide rings is 1.